The maximum absolute atomic E-state index is 13.7. The van der Waals surface area contributed by atoms with Crippen LogP contribution >= 0.6 is 11.6 Å². The van der Waals surface area contributed by atoms with E-state index in [4.69, 9.17) is 11.6 Å². The van der Waals surface area contributed by atoms with Gasteiger partial charge in [0.25, 0.3) is 0 Å². The average molecular weight is 475 g/mol. The quantitative estimate of drug-likeness (QED) is 0.440. The number of rotatable bonds is 9. The molecule has 4 nitrogen and oxygen atoms in total. The number of halogens is 1. The molecule has 0 bridgehead atoms. The van der Waals surface area contributed by atoms with Crippen molar-refractivity contribution in [2.24, 2.45) is 0 Å². The number of nitrogens with zero attached hydrogens (tertiary/aromatic N) is 1. The summed E-state index contributed by atoms with van der Waals surface area (Å²) >= 11 is 6.48. The molecule has 0 unspecified atom stereocenters. The van der Waals surface area contributed by atoms with Gasteiger partial charge in [0.1, 0.15) is 6.04 Å². The van der Waals surface area contributed by atoms with Gasteiger partial charge < -0.3 is 10.2 Å². The molecule has 0 radical (unpaired) electrons. The van der Waals surface area contributed by atoms with Crippen LogP contribution in [-0.4, -0.2) is 28.8 Å². The Balaban J connectivity index is 1.66. The first-order chi connectivity index (χ1) is 16.6. The van der Waals surface area contributed by atoms with Crippen molar-refractivity contribution in [1.82, 2.24) is 10.2 Å². The smallest absolute Gasteiger partial charge is 0.243 e. The van der Waals surface area contributed by atoms with Crippen LogP contribution in [0.15, 0.2) is 84.9 Å². The summed E-state index contributed by atoms with van der Waals surface area (Å²) in [5.74, 6) is -0.183. The highest BCUT2D eigenvalue weighted by molar-refractivity contribution is 6.31. The summed E-state index contributed by atoms with van der Waals surface area (Å²) in [5.41, 5.74) is 2.77. The minimum Gasteiger partial charge on any atom is -0.352 e. The van der Waals surface area contributed by atoms with Crippen molar-refractivity contribution in [2.75, 3.05) is 0 Å². The van der Waals surface area contributed by atoms with E-state index in [1.54, 1.807) is 4.90 Å². The van der Waals surface area contributed by atoms with Gasteiger partial charge in [0, 0.05) is 24.0 Å². The summed E-state index contributed by atoms with van der Waals surface area (Å²) in [7, 11) is 0. The van der Waals surface area contributed by atoms with Crippen molar-refractivity contribution < 1.29 is 9.59 Å². The monoisotopic (exact) mass is 474 g/mol. The lowest BCUT2D eigenvalue weighted by Gasteiger charge is -2.32. The summed E-state index contributed by atoms with van der Waals surface area (Å²) in [6, 6.07) is 26.6. The van der Waals surface area contributed by atoms with Gasteiger partial charge in [-0.2, -0.15) is 0 Å². The topological polar surface area (TPSA) is 49.4 Å². The Morgan fingerprint density at radius 3 is 2.09 bits per heavy atom. The molecule has 3 aromatic rings. The molecular weight excluding hydrogens is 444 g/mol. The first kappa shape index (κ1) is 24.0. The van der Waals surface area contributed by atoms with Crippen LogP contribution in [0.2, 0.25) is 5.02 Å². The number of carbonyl (C=O) groups excluding carboxylic acids is 2. The van der Waals surface area contributed by atoms with Gasteiger partial charge in [-0.05, 0) is 35.6 Å². The van der Waals surface area contributed by atoms with Crippen LogP contribution in [0.4, 0.5) is 0 Å². The lowest BCUT2D eigenvalue weighted by atomic mass is 10.0. The molecular formula is C29H31ClN2O2. The molecule has 0 saturated heterocycles. The van der Waals surface area contributed by atoms with Crippen molar-refractivity contribution >= 4 is 23.4 Å². The standard InChI is InChI=1S/C29H31ClN2O2/c30-26-18-10-7-15-24(26)21-32(28(33)20-23-13-5-2-6-14-23)27(19-22-11-3-1-4-12-22)29(34)31-25-16-8-9-17-25/h1-7,10-15,18,25,27H,8-9,16-17,19-21H2,(H,31,34)/t27-/m1/s1. The Kier molecular flexibility index (Phi) is 8.37. The van der Waals surface area contributed by atoms with Crippen molar-refractivity contribution in [2.45, 2.75) is 57.2 Å². The fraction of sp³-hybridized carbons (Fsp3) is 0.310. The van der Waals surface area contributed by atoms with Crippen LogP contribution in [0.1, 0.15) is 42.4 Å². The zero-order chi connectivity index (χ0) is 23.8. The Hall–Kier alpha value is -3.11. The van der Waals surface area contributed by atoms with Gasteiger partial charge in [0.05, 0.1) is 6.42 Å². The largest absolute Gasteiger partial charge is 0.352 e. The fourth-order valence-electron chi connectivity index (χ4n) is 4.60. The van der Waals surface area contributed by atoms with Crippen molar-refractivity contribution in [3.05, 3.63) is 107 Å². The number of hydrogen-bond acceptors (Lipinski definition) is 2. The van der Waals surface area contributed by atoms with Crippen LogP contribution < -0.4 is 5.32 Å². The third-order valence-electron chi connectivity index (χ3n) is 6.47. The molecule has 5 heteroatoms. The molecule has 1 N–H and O–H groups in total. The van der Waals surface area contributed by atoms with Crippen LogP contribution in [0.25, 0.3) is 0 Å². The molecule has 0 aromatic heterocycles. The summed E-state index contributed by atoms with van der Waals surface area (Å²) < 4.78 is 0. The second kappa shape index (κ2) is 11.8. The molecule has 1 atom stereocenters. The van der Waals surface area contributed by atoms with Crippen LogP contribution in [0.3, 0.4) is 0 Å². The second-order valence-corrected chi connectivity index (χ2v) is 9.38. The van der Waals surface area contributed by atoms with Crippen LogP contribution in [-0.2, 0) is 29.0 Å². The third kappa shape index (κ3) is 6.48. The highest BCUT2D eigenvalue weighted by atomic mass is 35.5. The van der Waals surface area contributed by atoms with Crippen molar-refractivity contribution in [3.8, 4) is 0 Å². The van der Waals surface area contributed by atoms with E-state index < -0.39 is 6.04 Å². The third-order valence-corrected chi connectivity index (χ3v) is 6.84. The molecule has 4 rings (SSSR count). The lowest BCUT2D eigenvalue weighted by molar-refractivity contribution is -0.141. The molecule has 1 saturated carbocycles. The molecule has 0 heterocycles. The second-order valence-electron chi connectivity index (χ2n) is 8.97. The van der Waals surface area contributed by atoms with Gasteiger partial charge in [0.2, 0.25) is 11.8 Å². The van der Waals surface area contributed by atoms with Gasteiger partial charge >= 0.3 is 0 Å². The van der Waals surface area contributed by atoms with Crippen molar-refractivity contribution in [3.63, 3.8) is 0 Å². The van der Waals surface area contributed by atoms with E-state index in [1.165, 1.54) is 0 Å². The van der Waals surface area contributed by atoms with Crippen LogP contribution in [0.5, 0.6) is 0 Å². The summed E-state index contributed by atoms with van der Waals surface area (Å²) in [4.78, 5) is 29.1. The Labute approximate surface area is 206 Å². The van der Waals surface area contributed by atoms with Crippen LogP contribution in [0, 0.1) is 0 Å². The maximum Gasteiger partial charge on any atom is 0.243 e. The lowest BCUT2D eigenvalue weighted by Crippen LogP contribution is -2.52. The SMILES string of the molecule is O=C(NC1CCCC1)[C@@H](Cc1ccccc1)N(Cc1ccccc1Cl)C(=O)Cc1ccccc1. The van der Waals surface area contributed by atoms with E-state index >= 15 is 0 Å². The molecule has 3 aromatic carbocycles. The van der Waals surface area contributed by atoms with Crippen molar-refractivity contribution in [1.29, 1.82) is 0 Å². The number of benzene rings is 3. The molecule has 2 amide bonds. The molecule has 0 spiro atoms. The predicted octanol–water partition coefficient (Wildman–Crippen LogP) is 5.58. The number of hydrogen-bond donors (Lipinski definition) is 1. The first-order valence-electron chi connectivity index (χ1n) is 12.0. The van der Waals surface area contributed by atoms with Gasteiger partial charge in [0.15, 0.2) is 0 Å². The molecule has 1 aliphatic rings. The molecule has 1 fully saturated rings. The van der Waals surface area contributed by atoms with E-state index in [0.29, 0.717) is 11.4 Å². The Morgan fingerprint density at radius 1 is 0.853 bits per heavy atom. The number of nitrogens with one attached hydrogen (secondary N) is 1. The Morgan fingerprint density at radius 2 is 1.44 bits per heavy atom. The molecule has 1 aliphatic carbocycles. The first-order valence-corrected chi connectivity index (χ1v) is 12.4. The zero-order valence-corrected chi connectivity index (χ0v) is 20.1. The molecule has 34 heavy (non-hydrogen) atoms. The minimum atomic E-state index is -0.629. The summed E-state index contributed by atoms with van der Waals surface area (Å²) in [6.07, 6.45) is 4.92. The van der Waals surface area contributed by atoms with E-state index in [1.807, 2.05) is 84.9 Å². The van der Waals surface area contributed by atoms with Gasteiger partial charge in [-0.1, -0.05) is 103 Å². The maximum atomic E-state index is 13.7. The van der Waals surface area contributed by atoms with Gasteiger partial charge in [-0.3, -0.25) is 9.59 Å². The van der Waals surface area contributed by atoms with E-state index in [9.17, 15) is 9.59 Å². The minimum absolute atomic E-state index is 0.0892. The highest BCUT2D eigenvalue weighted by Gasteiger charge is 2.32. The molecule has 0 aliphatic heterocycles. The van der Waals surface area contributed by atoms with Gasteiger partial charge in [-0.15, -0.1) is 0 Å². The van der Waals surface area contributed by atoms with Gasteiger partial charge in [-0.25, -0.2) is 0 Å². The van der Waals surface area contributed by atoms with E-state index in [2.05, 4.69) is 5.32 Å². The van der Waals surface area contributed by atoms with E-state index in [0.717, 1.165) is 42.4 Å². The normalized spacial score (nSPS) is 14.5. The molecule has 176 valence electrons. The highest BCUT2D eigenvalue weighted by Crippen LogP contribution is 2.23. The predicted molar refractivity (Wildman–Crippen MR) is 136 cm³/mol. The summed E-state index contributed by atoms with van der Waals surface area (Å²) in [5, 5.41) is 3.83. The average Bonchev–Trinajstić information content (AvgIpc) is 3.36. The summed E-state index contributed by atoms with van der Waals surface area (Å²) in [6.45, 7) is 0.279. The number of carbonyl (C=O) groups is 2. The number of amides is 2. The zero-order valence-electron chi connectivity index (χ0n) is 19.3. The fourth-order valence-corrected chi connectivity index (χ4v) is 4.80. The Bertz CT molecular complexity index is 1080. The van der Waals surface area contributed by atoms with E-state index in [-0.39, 0.29) is 30.8 Å².